The van der Waals surface area contributed by atoms with E-state index >= 15 is 0 Å². The third kappa shape index (κ3) is 4.43. The van der Waals surface area contributed by atoms with Crippen LogP contribution in [0.2, 0.25) is 0 Å². The molecule has 8 heteroatoms. The second-order valence-corrected chi connectivity index (χ2v) is 11.1. The van der Waals surface area contributed by atoms with E-state index in [-0.39, 0.29) is 28.9 Å². The maximum atomic E-state index is 12.9. The van der Waals surface area contributed by atoms with Crippen LogP contribution in [0.5, 0.6) is 0 Å². The number of hydrogen-bond donors (Lipinski definition) is 0. The van der Waals surface area contributed by atoms with Gasteiger partial charge in [-0.1, -0.05) is 13.8 Å². The lowest BCUT2D eigenvalue weighted by Crippen LogP contribution is -2.43. The number of hydrogen-bond acceptors (Lipinski definition) is 4. The Hall–Kier alpha value is -1.41. The Morgan fingerprint density at radius 1 is 1.18 bits per heavy atom. The van der Waals surface area contributed by atoms with E-state index in [1.807, 2.05) is 0 Å². The second kappa shape index (κ2) is 8.14. The van der Waals surface area contributed by atoms with Crippen LogP contribution in [0.25, 0.3) is 0 Å². The summed E-state index contributed by atoms with van der Waals surface area (Å²) in [4.78, 5) is 27.9. The molecule has 2 heterocycles. The second-order valence-electron chi connectivity index (χ2n) is 8.15. The number of amides is 2. The Labute approximate surface area is 175 Å². The molecule has 0 N–H and O–H groups in total. The fourth-order valence-corrected chi connectivity index (χ4v) is 6.75. The molecule has 3 rings (SSSR count). The molecule has 2 amide bonds. The minimum atomic E-state index is -3.65. The van der Waals surface area contributed by atoms with E-state index in [4.69, 9.17) is 0 Å². The fraction of sp³-hybridized carbons (Fsp3) is 0.600. The number of benzene rings is 1. The van der Waals surface area contributed by atoms with E-state index in [0.717, 1.165) is 12.0 Å². The number of likely N-dealkylation sites (tertiary alicyclic amines) is 1. The number of nitrogens with zero attached hydrogens (tertiary/aromatic N) is 2. The Balaban J connectivity index is 1.75. The van der Waals surface area contributed by atoms with Crippen LogP contribution in [-0.2, 0) is 25.8 Å². The van der Waals surface area contributed by atoms with E-state index in [1.165, 1.54) is 6.92 Å². The molecule has 28 heavy (non-hydrogen) atoms. The van der Waals surface area contributed by atoms with E-state index in [2.05, 4.69) is 29.8 Å². The minimum Gasteiger partial charge on any atom is -0.342 e. The molecule has 0 aliphatic carbocycles. The Bertz CT molecular complexity index is 890. The van der Waals surface area contributed by atoms with Gasteiger partial charge in [-0.15, -0.1) is 0 Å². The monoisotopic (exact) mass is 470 g/mol. The van der Waals surface area contributed by atoms with Gasteiger partial charge < -0.3 is 9.80 Å². The van der Waals surface area contributed by atoms with Crippen molar-refractivity contribution in [1.82, 2.24) is 4.90 Å². The predicted molar refractivity (Wildman–Crippen MR) is 112 cm³/mol. The summed E-state index contributed by atoms with van der Waals surface area (Å²) in [6.07, 6.45) is 1.77. The number of sulfone groups is 1. The summed E-state index contributed by atoms with van der Waals surface area (Å²) in [6.45, 7) is 7.66. The van der Waals surface area contributed by atoms with Gasteiger partial charge in [0.05, 0.1) is 10.6 Å². The molecular weight excluding hydrogens is 444 g/mol. The van der Waals surface area contributed by atoms with Crippen LogP contribution >= 0.6 is 15.9 Å². The summed E-state index contributed by atoms with van der Waals surface area (Å²) in [5.41, 5.74) is 1.60. The normalized spacial score (nSPS) is 22.3. The molecule has 0 saturated carbocycles. The molecule has 1 aromatic rings. The predicted octanol–water partition coefficient (Wildman–Crippen LogP) is 3.03. The number of carbonyl (C=O) groups excluding carboxylic acids is 2. The van der Waals surface area contributed by atoms with E-state index < -0.39 is 9.84 Å². The summed E-state index contributed by atoms with van der Waals surface area (Å²) < 4.78 is 26.4. The first kappa shape index (κ1) is 21.3. The van der Waals surface area contributed by atoms with Gasteiger partial charge >= 0.3 is 0 Å². The van der Waals surface area contributed by atoms with E-state index in [1.54, 1.807) is 21.9 Å². The number of piperidine rings is 1. The van der Waals surface area contributed by atoms with Crippen LogP contribution in [0.15, 0.2) is 21.5 Å². The van der Waals surface area contributed by atoms with Gasteiger partial charge in [-0.2, -0.15) is 0 Å². The van der Waals surface area contributed by atoms with Crippen molar-refractivity contribution < 1.29 is 18.0 Å². The molecule has 6 nitrogen and oxygen atoms in total. The van der Waals surface area contributed by atoms with Crippen molar-refractivity contribution in [3.63, 3.8) is 0 Å². The van der Waals surface area contributed by atoms with Crippen molar-refractivity contribution in [1.29, 1.82) is 0 Å². The largest absolute Gasteiger partial charge is 0.342 e. The quantitative estimate of drug-likeness (QED) is 0.677. The van der Waals surface area contributed by atoms with Crippen LogP contribution in [0.3, 0.4) is 0 Å². The molecule has 1 aromatic carbocycles. The van der Waals surface area contributed by atoms with E-state index in [0.29, 0.717) is 48.1 Å². The van der Waals surface area contributed by atoms with Gasteiger partial charge in [0, 0.05) is 43.1 Å². The lowest BCUT2D eigenvalue weighted by Gasteiger charge is -2.35. The average molecular weight is 471 g/mol. The topological polar surface area (TPSA) is 74.8 Å². The van der Waals surface area contributed by atoms with Gasteiger partial charge in [0.25, 0.3) is 0 Å². The van der Waals surface area contributed by atoms with Crippen LogP contribution in [-0.4, -0.2) is 50.5 Å². The van der Waals surface area contributed by atoms with Crippen molar-refractivity contribution in [2.75, 3.05) is 30.3 Å². The van der Waals surface area contributed by atoms with Gasteiger partial charge in [0.1, 0.15) is 0 Å². The molecule has 154 valence electrons. The number of halogens is 1. The molecule has 0 unspecified atom stereocenters. The first-order valence-electron chi connectivity index (χ1n) is 9.69. The highest BCUT2D eigenvalue weighted by atomic mass is 79.9. The van der Waals surface area contributed by atoms with Crippen molar-refractivity contribution in [3.8, 4) is 0 Å². The number of carbonyl (C=O) groups is 2. The summed E-state index contributed by atoms with van der Waals surface area (Å²) >= 11 is 3.36. The molecule has 2 aliphatic rings. The third-order valence-corrected chi connectivity index (χ3v) is 8.22. The maximum Gasteiger partial charge on any atom is 0.223 e. The summed E-state index contributed by atoms with van der Waals surface area (Å²) in [6, 6.07) is 3.35. The first-order chi connectivity index (χ1) is 13.1. The van der Waals surface area contributed by atoms with Crippen molar-refractivity contribution in [3.05, 3.63) is 22.2 Å². The smallest absolute Gasteiger partial charge is 0.223 e. The van der Waals surface area contributed by atoms with Crippen LogP contribution in [0.1, 0.15) is 39.2 Å². The van der Waals surface area contributed by atoms with Gasteiger partial charge in [0.15, 0.2) is 9.84 Å². The molecule has 2 aliphatic heterocycles. The van der Waals surface area contributed by atoms with Gasteiger partial charge in [-0.05, 0) is 58.3 Å². The zero-order valence-electron chi connectivity index (χ0n) is 16.6. The molecule has 0 spiro atoms. The molecule has 2 atom stereocenters. The van der Waals surface area contributed by atoms with Crippen LogP contribution in [0, 0.1) is 11.8 Å². The number of fused-ring (bicyclic) bond motifs is 1. The molecule has 0 bridgehead atoms. The standard InChI is InChI=1S/C20H27BrN2O4S/c1-13-8-14(2)12-22(11-13)20(25)5-7-28(26,27)19-10-18-16(9-17(19)21)4-6-23(18)15(3)24/h9-10,13-14H,4-8,11-12H2,1-3H3/t13-,14-/m0/s1. The summed E-state index contributed by atoms with van der Waals surface area (Å²) in [5, 5.41) is 0. The zero-order valence-corrected chi connectivity index (χ0v) is 19.0. The Morgan fingerprint density at radius 2 is 1.82 bits per heavy atom. The zero-order chi connectivity index (χ0) is 20.6. The Morgan fingerprint density at radius 3 is 2.43 bits per heavy atom. The van der Waals surface area contributed by atoms with Crippen LogP contribution < -0.4 is 4.90 Å². The van der Waals surface area contributed by atoms with Gasteiger partial charge in [-0.25, -0.2) is 8.42 Å². The lowest BCUT2D eigenvalue weighted by molar-refractivity contribution is -0.133. The molecule has 0 radical (unpaired) electrons. The van der Waals surface area contributed by atoms with Crippen molar-refractivity contribution >= 4 is 43.3 Å². The maximum absolute atomic E-state index is 12.9. The summed E-state index contributed by atoms with van der Waals surface area (Å²) in [5.74, 6) is 0.431. The average Bonchev–Trinajstić information content (AvgIpc) is 3.01. The van der Waals surface area contributed by atoms with Crippen molar-refractivity contribution in [2.45, 2.75) is 44.9 Å². The SMILES string of the molecule is CC(=O)N1CCc2cc(Br)c(S(=O)(=O)CCC(=O)N3C[C@@H](C)C[C@H](C)C3)cc21. The molecule has 1 fully saturated rings. The Kier molecular flexibility index (Phi) is 6.20. The number of rotatable bonds is 4. The van der Waals surface area contributed by atoms with Gasteiger partial charge in [0.2, 0.25) is 11.8 Å². The van der Waals surface area contributed by atoms with E-state index in [9.17, 15) is 18.0 Å². The highest BCUT2D eigenvalue weighted by Gasteiger charge is 2.29. The van der Waals surface area contributed by atoms with Crippen LogP contribution in [0.4, 0.5) is 5.69 Å². The summed E-state index contributed by atoms with van der Waals surface area (Å²) in [7, 11) is -3.65. The van der Waals surface area contributed by atoms with Gasteiger partial charge in [-0.3, -0.25) is 9.59 Å². The highest BCUT2D eigenvalue weighted by Crippen LogP contribution is 2.36. The third-order valence-electron chi connectivity index (χ3n) is 5.55. The highest BCUT2D eigenvalue weighted by molar-refractivity contribution is 9.10. The molecule has 0 aromatic heterocycles. The number of anilines is 1. The first-order valence-corrected chi connectivity index (χ1v) is 12.1. The minimum absolute atomic E-state index is 0.0261. The lowest BCUT2D eigenvalue weighted by atomic mass is 9.92. The molecule has 1 saturated heterocycles. The molecular formula is C20H27BrN2O4S. The van der Waals surface area contributed by atoms with Crippen molar-refractivity contribution in [2.24, 2.45) is 11.8 Å². The fourth-order valence-electron chi connectivity index (χ4n) is 4.31.